The molecule has 4 N–H and O–H groups in total. The maximum Gasteiger partial charge on any atom is 0.335 e. The Morgan fingerprint density at radius 2 is 1.45 bits per heavy atom. The van der Waals surface area contributed by atoms with E-state index in [9.17, 15) is 9.90 Å². The van der Waals surface area contributed by atoms with E-state index in [4.69, 9.17) is 15.0 Å². The number of carboxylic acid groups (broad SMARTS) is 1. The second kappa shape index (κ2) is 11.4. The van der Waals surface area contributed by atoms with Crippen LogP contribution < -0.4 is 16.0 Å². The molecule has 0 spiro atoms. The summed E-state index contributed by atoms with van der Waals surface area (Å²) in [6.07, 6.45) is 2.54. The Morgan fingerprint density at radius 1 is 0.789 bits per heavy atom. The van der Waals surface area contributed by atoms with Gasteiger partial charge in [-0.1, -0.05) is 52.8 Å². The molecule has 0 aliphatic rings. The Morgan fingerprint density at radius 3 is 2.08 bits per heavy atom. The van der Waals surface area contributed by atoms with Gasteiger partial charge in [0.05, 0.1) is 11.1 Å². The van der Waals surface area contributed by atoms with E-state index in [-0.39, 0.29) is 16.5 Å². The molecule has 204 valence electrons. The largest absolute Gasteiger partial charge is 0.478 e. The molecule has 2 aromatic carbocycles. The maximum absolute atomic E-state index is 11.6. The number of anilines is 4. The average molecular weight is 519 g/mol. The standard InChI is InChI=1S/C30H42N6O2/c1-9-28(4,5)25-32-26(31-22-16-13-17-23(19-22)35-29(6,7)10-2)34-27(33-25)36-30(8,11-3)21-15-12-14-20(18-21)24(37)38/h12-19,35H,9-11H2,1-8H3,(H,37,38)(H2,31,32,33,34,36). The van der Waals surface area contributed by atoms with Crippen molar-refractivity contribution in [3.8, 4) is 0 Å². The number of aromatic nitrogens is 3. The molecule has 1 atom stereocenters. The third-order valence-electron chi connectivity index (χ3n) is 7.45. The van der Waals surface area contributed by atoms with Crippen molar-refractivity contribution in [2.75, 3.05) is 16.0 Å². The molecule has 1 aromatic heterocycles. The molecule has 0 amide bonds. The summed E-state index contributed by atoms with van der Waals surface area (Å²) in [7, 11) is 0. The highest BCUT2D eigenvalue weighted by Gasteiger charge is 2.29. The van der Waals surface area contributed by atoms with Gasteiger partial charge in [-0.3, -0.25) is 0 Å². The van der Waals surface area contributed by atoms with Crippen LogP contribution in [0.5, 0.6) is 0 Å². The molecule has 0 saturated heterocycles. The zero-order chi connectivity index (χ0) is 28.1. The van der Waals surface area contributed by atoms with Gasteiger partial charge in [-0.05, 0) is 75.9 Å². The smallest absolute Gasteiger partial charge is 0.335 e. The number of nitrogens with one attached hydrogen (secondary N) is 3. The normalized spacial score (nSPS) is 13.5. The zero-order valence-corrected chi connectivity index (χ0v) is 23.9. The maximum atomic E-state index is 11.6. The highest BCUT2D eigenvalue weighted by atomic mass is 16.4. The Bertz CT molecular complexity index is 1270. The van der Waals surface area contributed by atoms with Gasteiger partial charge in [0.15, 0.2) is 0 Å². The fourth-order valence-corrected chi connectivity index (χ4v) is 3.84. The molecule has 3 aromatic rings. The first-order valence-corrected chi connectivity index (χ1v) is 13.3. The van der Waals surface area contributed by atoms with E-state index in [0.717, 1.165) is 29.8 Å². The first-order chi connectivity index (χ1) is 17.8. The van der Waals surface area contributed by atoms with Crippen LogP contribution >= 0.6 is 0 Å². The SMILES string of the molecule is CCC(C)(C)Nc1cccc(Nc2nc(NC(C)(CC)c3cccc(C(=O)O)c3)nc(C(C)(C)CC)n2)c1. The summed E-state index contributed by atoms with van der Waals surface area (Å²) < 4.78 is 0. The second-order valence-corrected chi connectivity index (χ2v) is 11.3. The van der Waals surface area contributed by atoms with Gasteiger partial charge in [-0.2, -0.15) is 15.0 Å². The van der Waals surface area contributed by atoms with E-state index >= 15 is 0 Å². The van der Waals surface area contributed by atoms with E-state index in [1.807, 2.05) is 44.2 Å². The fraction of sp³-hybridized carbons (Fsp3) is 0.467. The minimum Gasteiger partial charge on any atom is -0.478 e. The van der Waals surface area contributed by atoms with Crippen LogP contribution in [0.2, 0.25) is 0 Å². The van der Waals surface area contributed by atoms with Crippen LogP contribution in [-0.2, 0) is 11.0 Å². The third-order valence-corrected chi connectivity index (χ3v) is 7.45. The number of carboxylic acids is 1. The lowest BCUT2D eigenvalue weighted by atomic mass is 9.88. The van der Waals surface area contributed by atoms with Crippen LogP contribution in [0.25, 0.3) is 0 Å². The molecule has 0 fully saturated rings. The summed E-state index contributed by atoms with van der Waals surface area (Å²) in [5, 5.41) is 19.9. The minimum atomic E-state index is -0.956. The number of hydrogen-bond donors (Lipinski definition) is 4. The quantitative estimate of drug-likeness (QED) is 0.197. The van der Waals surface area contributed by atoms with E-state index in [1.165, 1.54) is 0 Å². The minimum absolute atomic E-state index is 0.0241. The Labute approximate surface area is 226 Å². The summed E-state index contributed by atoms with van der Waals surface area (Å²) in [5.74, 6) is 0.608. The van der Waals surface area contributed by atoms with Gasteiger partial charge in [-0.25, -0.2) is 4.79 Å². The molecule has 0 aliphatic carbocycles. The number of nitrogens with zero attached hydrogens (tertiary/aromatic N) is 3. The van der Waals surface area contributed by atoms with Crippen molar-refractivity contribution in [1.82, 2.24) is 15.0 Å². The molecule has 1 unspecified atom stereocenters. The van der Waals surface area contributed by atoms with Crippen molar-refractivity contribution < 1.29 is 9.90 Å². The van der Waals surface area contributed by atoms with E-state index < -0.39 is 11.5 Å². The van der Waals surface area contributed by atoms with Gasteiger partial charge in [0.1, 0.15) is 5.82 Å². The van der Waals surface area contributed by atoms with Crippen LogP contribution in [0, 0.1) is 0 Å². The van der Waals surface area contributed by atoms with E-state index in [2.05, 4.69) is 57.5 Å². The average Bonchev–Trinajstić information content (AvgIpc) is 2.88. The highest BCUT2D eigenvalue weighted by molar-refractivity contribution is 5.87. The van der Waals surface area contributed by atoms with Crippen LogP contribution in [0.1, 0.15) is 96.4 Å². The Hall–Kier alpha value is -3.68. The first kappa shape index (κ1) is 28.9. The lowest BCUT2D eigenvalue weighted by Gasteiger charge is -2.31. The molecule has 38 heavy (non-hydrogen) atoms. The lowest BCUT2D eigenvalue weighted by molar-refractivity contribution is 0.0696. The van der Waals surface area contributed by atoms with Crippen molar-refractivity contribution in [2.24, 2.45) is 0 Å². The van der Waals surface area contributed by atoms with Crippen LogP contribution in [0.15, 0.2) is 48.5 Å². The molecule has 0 radical (unpaired) electrons. The molecule has 8 nitrogen and oxygen atoms in total. The molecule has 8 heteroatoms. The van der Waals surface area contributed by atoms with Gasteiger partial charge in [0.2, 0.25) is 11.9 Å². The van der Waals surface area contributed by atoms with Crippen LogP contribution in [0.3, 0.4) is 0 Å². The van der Waals surface area contributed by atoms with Crippen molar-refractivity contribution in [2.45, 2.75) is 91.1 Å². The highest BCUT2D eigenvalue weighted by Crippen LogP contribution is 2.32. The molecule has 0 bridgehead atoms. The Kier molecular flexibility index (Phi) is 8.65. The molecular weight excluding hydrogens is 476 g/mol. The second-order valence-electron chi connectivity index (χ2n) is 11.3. The number of hydrogen-bond acceptors (Lipinski definition) is 7. The summed E-state index contributed by atoms with van der Waals surface area (Å²) in [4.78, 5) is 25.9. The summed E-state index contributed by atoms with van der Waals surface area (Å²) in [6, 6.07) is 15.1. The van der Waals surface area contributed by atoms with E-state index in [0.29, 0.717) is 24.1 Å². The van der Waals surface area contributed by atoms with Gasteiger partial charge in [0, 0.05) is 22.3 Å². The summed E-state index contributed by atoms with van der Waals surface area (Å²) >= 11 is 0. The van der Waals surface area contributed by atoms with Crippen LogP contribution in [0.4, 0.5) is 23.3 Å². The number of benzene rings is 2. The number of rotatable bonds is 12. The number of aromatic carboxylic acids is 1. The molecular formula is C30H42N6O2. The van der Waals surface area contributed by atoms with Gasteiger partial charge < -0.3 is 21.1 Å². The van der Waals surface area contributed by atoms with Gasteiger partial charge in [-0.15, -0.1) is 0 Å². The van der Waals surface area contributed by atoms with E-state index in [1.54, 1.807) is 18.2 Å². The first-order valence-electron chi connectivity index (χ1n) is 13.3. The summed E-state index contributed by atoms with van der Waals surface area (Å²) in [5.41, 5.74) is 2.10. The third kappa shape index (κ3) is 7.00. The van der Waals surface area contributed by atoms with Crippen molar-refractivity contribution in [1.29, 1.82) is 0 Å². The molecule has 1 heterocycles. The van der Waals surface area contributed by atoms with Crippen molar-refractivity contribution in [3.05, 3.63) is 65.5 Å². The Balaban J connectivity index is 2.00. The van der Waals surface area contributed by atoms with Crippen molar-refractivity contribution in [3.63, 3.8) is 0 Å². The lowest BCUT2D eigenvalue weighted by Crippen LogP contribution is -2.33. The van der Waals surface area contributed by atoms with Gasteiger partial charge >= 0.3 is 5.97 Å². The zero-order valence-electron chi connectivity index (χ0n) is 23.9. The summed E-state index contributed by atoms with van der Waals surface area (Å²) in [6.45, 7) is 16.9. The fourth-order valence-electron chi connectivity index (χ4n) is 3.84. The van der Waals surface area contributed by atoms with Crippen molar-refractivity contribution >= 4 is 29.2 Å². The molecule has 3 rings (SSSR count). The number of carbonyl (C=O) groups is 1. The predicted molar refractivity (Wildman–Crippen MR) is 156 cm³/mol. The monoisotopic (exact) mass is 518 g/mol. The van der Waals surface area contributed by atoms with Crippen LogP contribution in [-0.4, -0.2) is 31.6 Å². The molecule has 0 aliphatic heterocycles. The predicted octanol–water partition coefficient (Wildman–Crippen LogP) is 7.34. The molecule has 0 saturated carbocycles. The topological polar surface area (TPSA) is 112 Å². The van der Waals surface area contributed by atoms with Gasteiger partial charge in [0.25, 0.3) is 0 Å².